The Hall–Kier alpha value is -4.20. The third-order valence-corrected chi connectivity index (χ3v) is 5.11. The maximum atomic E-state index is 14.1. The predicted molar refractivity (Wildman–Crippen MR) is 126 cm³/mol. The monoisotopic (exact) mass is 462 g/mol. The van der Waals surface area contributed by atoms with Gasteiger partial charge in [0.1, 0.15) is 23.1 Å². The minimum absolute atomic E-state index is 0.0767. The van der Waals surface area contributed by atoms with E-state index in [1.807, 2.05) is 65.4 Å². The van der Waals surface area contributed by atoms with Crippen LogP contribution in [0.25, 0.3) is 0 Å². The van der Waals surface area contributed by atoms with E-state index in [2.05, 4.69) is 10.3 Å². The maximum absolute atomic E-state index is 14.1. The minimum atomic E-state index is -0.829. The van der Waals surface area contributed by atoms with Gasteiger partial charge in [-0.1, -0.05) is 30.3 Å². The number of aryl methyl sites for hydroxylation is 1. The van der Waals surface area contributed by atoms with Crippen molar-refractivity contribution in [2.75, 3.05) is 11.9 Å². The highest BCUT2D eigenvalue weighted by atomic mass is 19.1. The largest absolute Gasteiger partial charge is 0.457 e. The number of carbonyl (C=O) groups excluding carboxylic acids is 1. The Labute approximate surface area is 196 Å². The lowest BCUT2D eigenvalue weighted by atomic mass is 10.2. The zero-order valence-corrected chi connectivity index (χ0v) is 18.4. The molecule has 0 fully saturated rings. The van der Waals surface area contributed by atoms with Crippen LogP contribution in [0, 0.1) is 11.6 Å². The van der Waals surface area contributed by atoms with Gasteiger partial charge in [-0.2, -0.15) is 0 Å². The van der Waals surface area contributed by atoms with Gasteiger partial charge in [-0.3, -0.25) is 0 Å². The number of rotatable bonds is 9. The normalized spacial score (nSPS) is 10.6. The zero-order valence-electron chi connectivity index (χ0n) is 18.4. The molecule has 2 amide bonds. The molecule has 6 nitrogen and oxygen atoms in total. The summed E-state index contributed by atoms with van der Waals surface area (Å²) in [5.74, 6) is -0.179. The van der Waals surface area contributed by atoms with Crippen LogP contribution in [0.2, 0.25) is 0 Å². The van der Waals surface area contributed by atoms with Gasteiger partial charge in [-0.05, 0) is 48.4 Å². The number of para-hydroxylation sites is 1. The van der Waals surface area contributed by atoms with Gasteiger partial charge in [-0.25, -0.2) is 18.6 Å². The van der Waals surface area contributed by atoms with Gasteiger partial charge in [0.15, 0.2) is 0 Å². The van der Waals surface area contributed by atoms with Gasteiger partial charge in [0.05, 0.1) is 12.0 Å². The van der Waals surface area contributed by atoms with Crippen LogP contribution in [0.4, 0.5) is 19.3 Å². The molecule has 0 aliphatic carbocycles. The van der Waals surface area contributed by atoms with Crippen molar-refractivity contribution >= 4 is 11.7 Å². The fourth-order valence-corrected chi connectivity index (χ4v) is 3.45. The number of ether oxygens (including phenoxy) is 1. The summed E-state index contributed by atoms with van der Waals surface area (Å²) in [6.07, 6.45) is 5.92. The molecule has 0 aliphatic rings. The second kappa shape index (κ2) is 11.1. The van der Waals surface area contributed by atoms with E-state index in [1.165, 1.54) is 6.07 Å². The molecule has 0 radical (unpaired) electrons. The number of anilines is 1. The number of aromatic nitrogens is 2. The molecule has 1 heterocycles. The molecule has 0 aliphatic heterocycles. The van der Waals surface area contributed by atoms with Crippen LogP contribution in [0.1, 0.15) is 12.0 Å². The molecule has 0 spiro atoms. The molecular weight excluding hydrogens is 438 g/mol. The second-order valence-electron chi connectivity index (χ2n) is 7.69. The number of halogens is 2. The van der Waals surface area contributed by atoms with E-state index in [0.717, 1.165) is 17.7 Å². The lowest BCUT2D eigenvalue weighted by Crippen LogP contribution is -2.36. The molecule has 34 heavy (non-hydrogen) atoms. The molecular formula is C26H24F2N4O2. The van der Waals surface area contributed by atoms with Crippen molar-refractivity contribution in [3.8, 4) is 11.5 Å². The molecule has 8 heteroatoms. The van der Waals surface area contributed by atoms with E-state index in [1.54, 1.807) is 17.4 Å². The molecule has 1 aromatic heterocycles. The van der Waals surface area contributed by atoms with Crippen molar-refractivity contribution in [2.45, 2.75) is 19.5 Å². The molecule has 0 bridgehead atoms. The number of imidazole rings is 1. The van der Waals surface area contributed by atoms with E-state index < -0.39 is 17.7 Å². The number of hydrogen-bond acceptors (Lipinski definition) is 3. The Balaban J connectivity index is 1.47. The van der Waals surface area contributed by atoms with Gasteiger partial charge in [-0.15, -0.1) is 0 Å². The molecule has 0 saturated heterocycles. The van der Waals surface area contributed by atoms with Crippen LogP contribution in [-0.4, -0.2) is 27.0 Å². The molecule has 0 saturated carbocycles. The predicted octanol–water partition coefficient (Wildman–Crippen LogP) is 6.08. The van der Waals surface area contributed by atoms with Crippen molar-refractivity contribution in [1.29, 1.82) is 0 Å². The SMILES string of the molecule is O=C(Nc1ccc(F)cc1F)N(CCCn1ccnc1)Cc1cccc(Oc2ccccc2)c1. The molecule has 0 atom stereocenters. The topological polar surface area (TPSA) is 59.4 Å². The number of amides is 2. The Morgan fingerprint density at radius 2 is 1.82 bits per heavy atom. The highest BCUT2D eigenvalue weighted by molar-refractivity contribution is 5.89. The van der Waals surface area contributed by atoms with Gasteiger partial charge < -0.3 is 19.5 Å². The van der Waals surface area contributed by atoms with Crippen LogP contribution in [0.3, 0.4) is 0 Å². The van der Waals surface area contributed by atoms with Gasteiger partial charge >= 0.3 is 6.03 Å². The third kappa shape index (κ3) is 6.41. The number of carbonyl (C=O) groups is 1. The van der Waals surface area contributed by atoms with Crippen molar-refractivity contribution in [1.82, 2.24) is 14.5 Å². The van der Waals surface area contributed by atoms with Crippen LogP contribution < -0.4 is 10.1 Å². The third-order valence-electron chi connectivity index (χ3n) is 5.11. The summed E-state index contributed by atoms with van der Waals surface area (Å²) in [6.45, 7) is 1.37. The summed E-state index contributed by atoms with van der Waals surface area (Å²) in [5, 5.41) is 2.55. The number of nitrogens with one attached hydrogen (secondary N) is 1. The summed E-state index contributed by atoms with van der Waals surface area (Å²) in [6, 6.07) is 19.4. The first-order chi connectivity index (χ1) is 16.6. The lowest BCUT2D eigenvalue weighted by Gasteiger charge is -2.24. The molecule has 4 rings (SSSR count). The average Bonchev–Trinajstić information content (AvgIpc) is 3.35. The molecule has 0 unspecified atom stereocenters. The molecule has 1 N–H and O–H groups in total. The first-order valence-electron chi connectivity index (χ1n) is 10.9. The summed E-state index contributed by atoms with van der Waals surface area (Å²) in [4.78, 5) is 18.6. The quantitative estimate of drug-likeness (QED) is 0.328. The van der Waals surface area contributed by atoms with Crippen LogP contribution in [0.5, 0.6) is 11.5 Å². The fraction of sp³-hybridized carbons (Fsp3) is 0.154. The number of urea groups is 1. The summed E-state index contributed by atoms with van der Waals surface area (Å²) >= 11 is 0. The first-order valence-corrected chi connectivity index (χ1v) is 10.9. The van der Waals surface area contributed by atoms with Crippen LogP contribution >= 0.6 is 0 Å². The maximum Gasteiger partial charge on any atom is 0.322 e. The number of hydrogen-bond donors (Lipinski definition) is 1. The van der Waals surface area contributed by atoms with Gasteiger partial charge in [0, 0.05) is 38.1 Å². The van der Waals surface area contributed by atoms with Crippen molar-refractivity contribution in [3.05, 3.63) is 109 Å². The standard InChI is InChI=1S/C26H24F2N4O2/c27-21-10-11-25(24(28)17-21)30-26(33)32(14-5-13-31-15-12-29-19-31)18-20-6-4-9-23(16-20)34-22-7-2-1-3-8-22/h1-4,6-12,15-17,19H,5,13-14,18H2,(H,30,33). The summed E-state index contributed by atoms with van der Waals surface area (Å²) in [7, 11) is 0. The minimum Gasteiger partial charge on any atom is -0.457 e. The first kappa shape index (κ1) is 23.0. The van der Waals surface area contributed by atoms with E-state index in [-0.39, 0.29) is 12.2 Å². The van der Waals surface area contributed by atoms with Crippen LogP contribution in [0.15, 0.2) is 91.5 Å². The van der Waals surface area contributed by atoms with Crippen molar-refractivity contribution < 1.29 is 18.3 Å². The van der Waals surface area contributed by atoms with Gasteiger partial charge in [0.25, 0.3) is 0 Å². The zero-order chi connectivity index (χ0) is 23.8. The Morgan fingerprint density at radius 1 is 1.00 bits per heavy atom. The summed E-state index contributed by atoms with van der Waals surface area (Å²) < 4.78 is 35.2. The van der Waals surface area contributed by atoms with Crippen molar-refractivity contribution in [3.63, 3.8) is 0 Å². The Morgan fingerprint density at radius 3 is 2.59 bits per heavy atom. The molecule has 174 valence electrons. The average molecular weight is 463 g/mol. The van der Waals surface area contributed by atoms with Crippen LogP contribution in [-0.2, 0) is 13.1 Å². The highest BCUT2D eigenvalue weighted by Crippen LogP contribution is 2.23. The lowest BCUT2D eigenvalue weighted by molar-refractivity contribution is 0.207. The number of benzene rings is 3. The van der Waals surface area contributed by atoms with Gasteiger partial charge in [0.2, 0.25) is 0 Å². The number of nitrogens with zero attached hydrogens (tertiary/aromatic N) is 3. The van der Waals surface area contributed by atoms with Crippen molar-refractivity contribution in [2.24, 2.45) is 0 Å². The molecule has 4 aromatic rings. The smallest absolute Gasteiger partial charge is 0.322 e. The fourth-order valence-electron chi connectivity index (χ4n) is 3.45. The van der Waals surface area contributed by atoms with E-state index >= 15 is 0 Å². The Kier molecular flexibility index (Phi) is 7.49. The van der Waals surface area contributed by atoms with E-state index in [0.29, 0.717) is 31.0 Å². The second-order valence-corrected chi connectivity index (χ2v) is 7.69. The van der Waals surface area contributed by atoms with E-state index in [4.69, 9.17) is 4.74 Å². The highest BCUT2D eigenvalue weighted by Gasteiger charge is 2.17. The Bertz CT molecular complexity index is 1220. The summed E-state index contributed by atoms with van der Waals surface area (Å²) in [5.41, 5.74) is 0.776. The molecule has 3 aromatic carbocycles. The van der Waals surface area contributed by atoms with E-state index in [9.17, 15) is 13.6 Å².